The molecular formula is C22H14N2O. The monoisotopic (exact) mass is 322 g/mol. The third kappa shape index (κ3) is 1.48. The molecule has 0 saturated carbocycles. The van der Waals surface area contributed by atoms with Crippen LogP contribution in [0.3, 0.4) is 0 Å². The Morgan fingerprint density at radius 1 is 0.760 bits per heavy atom. The van der Waals surface area contributed by atoms with E-state index in [0.717, 1.165) is 28.2 Å². The van der Waals surface area contributed by atoms with Gasteiger partial charge in [0.1, 0.15) is 6.04 Å². The van der Waals surface area contributed by atoms with Crippen molar-refractivity contribution < 1.29 is 4.79 Å². The molecule has 4 aromatic rings. The summed E-state index contributed by atoms with van der Waals surface area (Å²) in [5, 5.41) is 1.20. The predicted molar refractivity (Wildman–Crippen MR) is 98.4 cm³/mol. The van der Waals surface area contributed by atoms with E-state index in [9.17, 15) is 4.79 Å². The van der Waals surface area contributed by atoms with E-state index in [0.29, 0.717) is 0 Å². The summed E-state index contributed by atoms with van der Waals surface area (Å²) in [4.78, 5) is 15.1. The molecular weight excluding hydrogens is 308 g/mol. The van der Waals surface area contributed by atoms with Crippen LogP contribution in [0.5, 0.6) is 0 Å². The van der Waals surface area contributed by atoms with Crippen LogP contribution in [0.1, 0.15) is 27.7 Å². The van der Waals surface area contributed by atoms with Crippen molar-refractivity contribution >= 4 is 22.5 Å². The number of benzene rings is 3. The maximum atomic E-state index is 13.1. The van der Waals surface area contributed by atoms with Gasteiger partial charge in [0, 0.05) is 10.9 Å². The second kappa shape index (κ2) is 4.39. The van der Waals surface area contributed by atoms with Crippen molar-refractivity contribution in [1.82, 2.24) is 4.57 Å². The van der Waals surface area contributed by atoms with Crippen LogP contribution in [0.15, 0.2) is 78.9 Å². The molecule has 0 radical (unpaired) electrons. The first kappa shape index (κ1) is 13.0. The molecule has 3 aromatic carbocycles. The van der Waals surface area contributed by atoms with Gasteiger partial charge in [-0.3, -0.25) is 9.69 Å². The predicted octanol–water partition coefficient (Wildman–Crippen LogP) is 4.69. The summed E-state index contributed by atoms with van der Waals surface area (Å²) in [6.45, 7) is 0. The molecule has 0 N–H and O–H groups in total. The van der Waals surface area contributed by atoms with Gasteiger partial charge in [0.25, 0.3) is 5.91 Å². The molecule has 3 nitrogen and oxygen atoms in total. The fourth-order valence-electron chi connectivity index (χ4n) is 4.36. The number of carbonyl (C=O) groups excluding carboxylic acids is 1. The number of fused-ring (bicyclic) bond motifs is 10. The minimum absolute atomic E-state index is 0.0639. The smallest absolute Gasteiger partial charge is 0.259 e. The molecule has 1 atom stereocenters. The molecule has 0 spiro atoms. The first-order valence-electron chi connectivity index (χ1n) is 8.47. The lowest BCUT2D eigenvalue weighted by atomic mass is 10.00. The van der Waals surface area contributed by atoms with Crippen LogP contribution in [-0.4, -0.2) is 10.5 Å². The Morgan fingerprint density at radius 2 is 1.48 bits per heavy atom. The highest BCUT2D eigenvalue weighted by atomic mass is 16.2. The van der Waals surface area contributed by atoms with E-state index >= 15 is 0 Å². The SMILES string of the molecule is O=C1c2ccccc2C2c3cc4ccccc4n3-c3ccccc3N12. The lowest BCUT2D eigenvalue weighted by Crippen LogP contribution is -2.33. The fraction of sp³-hybridized carbons (Fsp3) is 0.0455. The van der Waals surface area contributed by atoms with Crippen LogP contribution in [0.2, 0.25) is 0 Å². The number of anilines is 1. The van der Waals surface area contributed by atoms with Crippen LogP contribution in [0.25, 0.3) is 16.6 Å². The van der Waals surface area contributed by atoms with Gasteiger partial charge in [-0.15, -0.1) is 0 Å². The molecule has 3 heterocycles. The van der Waals surface area contributed by atoms with Crippen LogP contribution in [-0.2, 0) is 0 Å². The third-order valence-electron chi connectivity index (χ3n) is 5.36. The Hall–Kier alpha value is -3.33. The van der Waals surface area contributed by atoms with Crippen LogP contribution < -0.4 is 4.90 Å². The molecule has 0 saturated heterocycles. The van der Waals surface area contributed by atoms with Crippen LogP contribution in [0, 0.1) is 0 Å². The Kier molecular flexibility index (Phi) is 2.29. The zero-order chi connectivity index (χ0) is 16.5. The van der Waals surface area contributed by atoms with E-state index in [-0.39, 0.29) is 11.9 Å². The third-order valence-corrected chi connectivity index (χ3v) is 5.36. The normalized spacial score (nSPS) is 17.2. The average Bonchev–Trinajstić information content (AvgIpc) is 3.19. The lowest BCUT2D eigenvalue weighted by Gasteiger charge is -2.34. The van der Waals surface area contributed by atoms with Crippen molar-refractivity contribution in [3.8, 4) is 5.69 Å². The standard InChI is InChI=1S/C22H14N2O/c25-22-16-9-3-2-8-15(16)21-20-13-14-7-1-4-10-17(14)23(20)18-11-5-6-12-19(18)24(21)22/h1-13,21H. The summed E-state index contributed by atoms with van der Waals surface area (Å²) < 4.78 is 2.31. The molecule has 0 fully saturated rings. The topological polar surface area (TPSA) is 25.2 Å². The lowest BCUT2D eigenvalue weighted by molar-refractivity contribution is 0.0992. The largest absolute Gasteiger partial charge is 0.309 e. The zero-order valence-corrected chi connectivity index (χ0v) is 13.4. The number of hydrogen-bond donors (Lipinski definition) is 0. The van der Waals surface area contributed by atoms with Gasteiger partial charge in [0.05, 0.1) is 22.6 Å². The van der Waals surface area contributed by atoms with Crippen LogP contribution >= 0.6 is 0 Å². The number of carbonyl (C=O) groups is 1. The van der Waals surface area contributed by atoms with Gasteiger partial charge in [0.2, 0.25) is 0 Å². The number of aromatic nitrogens is 1. The van der Waals surface area contributed by atoms with E-state index in [4.69, 9.17) is 0 Å². The first-order chi connectivity index (χ1) is 12.3. The van der Waals surface area contributed by atoms with Crippen molar-refractivity contribution in [2.24, 2.45) is 0 Å². The molecule has 1 aromatic heterocycles. The number of rotatable bonds is 0. The highest BCUT2D eigenvalue weighted by Crippen LogP contribution is 2.49. The molecule has 1 unspecified atom stereocenters. The van der Waals surface area contributed by atoms with E-state index in [1.54, 1.807) is 0 Å². The molecule has 6 rings (SSSR count). The van der Waals surface area contributed by atoms with Gasteiger partial charge in [0.15, 0.2) is 0 Å². The number of hydrogen-bond acceptors (Lipinski definition) is 1. The molecule has 0 bridgehead atoms. The Labute approximate surface area is 144 Å². The summed E-state index contributed by atoms with van der Waals surface area (Å²) in [6.07, 6.45) is 0. The van der Waals surface area contributed by atoms with Crippen LogP contribution in [0.4, 0.5) is 5.69 Å². The fourth-order valence-corrected chi connectivity index (χ4v) is 4.36. The number of nitrogens with zero attached hydrogens (tertiary/aromatic N) is 2. The molecule has 1 amide bonds. The van der Waals surface area contributed by atoms with Crippen molar-refractivity contribution in [3.63, 3.8) is 0 Å². The second-order valence-corrected chi connectivity index (χ2v) is 6.62. The van der Waals surface area contributed by atoms with Gasteiger partial charge in [-0.05, 0) is 35.9 Å². The summed E-state index contributed by atoms with van der Waals surface area (Å²) >= 11 is 0. The molecule has 2 aliphatic heterocycles. The highest BCUT2D eigenvalue weighted by Gasteiger charge is 2.44. The first-order valence-corrected chi connectivity index (χ1v) is 8.47. The molecule has 118 valence electrons. The van der Waals surface area contributed by atoms with Gasteiger partial charge >= 0.3 is 0 Å². The summed E-state index contributed by atoms with van der Waals surface area (Å²) in [6, 6.07) is 26.7. The quantitative estimate of drug-likeness (QED) is 0.461. The number of amides is 1. The minimum Gasteiger partial charge on any atom is -0.309 e. The van der Waals surface area contributed by atoms with E-state index in [1.807, 2.05) is 41.3 Å². The van der Waals surface area contributed by atoms with E-state index in [1.165, 1.54) is 10.9 Å². The summed E-state index contributed by atoms with van der Waals surface area (Å²) in [5.41, 5.74) is 6.27. The highest BCUT2D eigenvalue weighted by molar-refractivity contribution is 6.13. The second-order valence-electron chi connectivity index (χ2n) is 6.62. The Bertz CT molecular complexity index is 1190. The van der Waals surface area contributed by atoms with Gasteiger partial charge in [-0.25, -0.2) is 0 Å². The van der Waals surface area contributed by atoms with Gasteiger partial charge in [-0.1, -0.05) is 48.5 Å². The zero-order valence-electron chi connectivity index (χ0n) is 13.4. The Morgan fingerprint density at radius 3 is 2.40 bits per heavy atom. The molecule has 0 aliphatic carbocycles. The minimum atomic E-state index is -0.0639. The van der Waals surface area contributed by atoms with E-state index < -0.39 is 0 Å². The van der Waals surface area contributed by atoms with Crippen molar-refractivity contribution in [1.29, 1.82) is 0 Å². The van der Waals surface area contributed by atoms with Gasteiger partial charge < -0.3 is 4.57 Å². The summed E-state index contributed by atoms with van der Waals surface area (Å²) in [7, 11) is 0. The Balaban J connectivity index is 1.79. The molecule has 25 heavy (non-hydrogen) atoms. The van der Waals surface area contributed by atoms with E-state index in [2.05, 4.69) is 47.0 Å². The van der Waals surface area contributed by atoms with Crippen molar-refractivity contribution in [2.45, 2.75) is 6.04 Å². The molecule has 2 aliphatic rings. The summed E-state index contributed by atoms with van der Waals surface area (Å²) in [5.74, 6) is 0.0876. The maximum absolute atomic E-state index is 13.1. The maximum Gasteiger partial charge on any atom is 0.259 e. The number of para-hydroxylation sites is 3. The van der Waals surface area contributed by atoms with Crippen molar-refractivity contribution in [3.05, 3.63) is 95.7 Å². The van der Waals surface area contributed by atoms with Gasteiger partial charge in [-0.2, -0.15) is 0 Å². The van der Waals surface area contributed by atoms with Crippen molar-refractivity contribution in [2.75, 3.05) is 4.90 Å². The molecule has 3 heteroatoms. The average molecular weight is 322 g/mol.